The Bertz CT molecular complexity index is 1300. The van der Waals surface area contributed by atoms with Gasteiger partial charge in [0.05, 0.1) is 34.0 Å². The summed E-state index contributed by atoms with van der Waals surface area (Å²) in [6, 6.07) is 17.8. The number of thiazole rings is 1. The van der Waals surface area contributed by atoms with Crippen LogP contribution in [0.4, 0.5) is 11.5 Å². The largest absolute Gasteiger partial charge is 0.481 e. The third-order valence-electron chi connectivity index (χ3n) is 4.46. The van der Waals surface area contributed by atoms with Crippen molar-refractivity contribution in [3.63, 3.8) is 0 Å². The predicted molar refractivity (Wildman–Crippen MR) is 112 cm³/mol. The molecule has 0 aliphatic rings. The van der Waals surface area contributed by atoms with Gasteiger partial charge in [0.25, 0.3) is 0 Å². The lowest BCUT2D eigenvalue weighted by Gasteiger charge is -2.10. The fourth-order valence-corrected chi connectivity index (χ4v) is 3.74. The summed E-state index contributed by atoms with van der Waals surface area (Å²) in [5.74, 6) is 1.32. The van der Waals surface area contributed by atoms with E-state index in [9.17, 15) is 0 Å². The second-order valence-electron chi connectivity index (χ2n) is 6.18. The van der Waals surface area contributed by atoms with Gasteiger partial charge in [-0.1, -0.05) is 12.1 Å². The molecular weight excluding hydrogens is 370 g/mol. The lowest BCUT2D eigenvalue weighted by atomic mass is 10.1. The van der Waals surface area contributed by atoms with E-state index < -0.39 is 0 Å². The molecular formula is C21H15N5OS. The van der Waals surface area contributed by atoms with Crippen molar-refractivity contribution >= 4 is 44.0 Å². The second-order valence-corrected chi connectivity index (χ2v) is 7.07. The Morgan fingerprint density at radius 1 is 0.929 bits per heavy atom. The van der Waals surface area contributed by atoms with Crippen LogP contribution in [-0.4, -0.2) is 27.0 Å². The number of nitrogens with zero attached hydrogens (tertiary/aromatic N) is 4. The number of fused-ring (bicyclic) bond motifs is 2. The molecule has 0 atom stereocenters. The highest BCUT2D eigenvalue weighted by molar-refractivity contribution is 7.16. The molecule has 0 unspecified atom stereocenters. The Kier molecular flexibility index (Phi) is 4.06. The molecule has 136 valence electrons. The average molecular weight is 385 g/mol. The molecule has 2 aromatic carbocycles. The van der Waals surface area contributed by atoms with Crippen LogP contribution in [0.25, 0.3) is 32.4 Å². The van der Waals surface area contributed by atoms with Gasteiger partial charge in [0.1, 0.15) is 12.1 Å². The summed E-state index contributed by atoms with van der Waals surface area (Å²) in [4.78, 5) is 17.7. The maximum absolute atomic E-state index is 5.24. The van der Waals surface area contributed by atoms with Crippen LogP contribution in [0.15, 0.2) is 66.4 Å². The third kappa shape index (κ3) is 3.01. The van der Waals surface area contributed by atoms with Crippen LogP contribution >= 0.6 is 11.3 Å². The van der Waals surface area contributed by atoms with Crippen molar-refractivity contribution in [2.45, 2.75) is 0 Å². The molecule has 0 radical (unpaired) electrons. The SMILES string of the molecule is COc1cccc(-c2ccc3ncnc(Nc4ccc5scnc5c4)c3c2)n1. The maximum Gasteiger partial charge on any atom is 0.213 e. The Balaban J connectivity index is 1.58. The first-order chi connectivity index (χ1) is 13.8. The molecule has 0 saturated carbocycles. The Morgan fingerprint density at radius 3 is 2.82 bits per heavy atom. The molecule has 0 aliphatic heterocycles. The monoisotopic (exact) mass is 385 g/mol. The molecule has 0 aliphatic carbocycles. The van der Waals surface area contributed by atoms with Crippen molar-refractivity contribution < 1.29 is 4.74 Å². The van der Waals surface area contributed by atoms with E-state index in [4.69, 9.17) is 4.74 Å². The predicted octanol–water partition coefficient (Wildman–Crippen LogP) is 5.05. The normalized spacial score (nSPS) is 11.0. The number of methoxy groups -OCH3 is 1. The number of nitrogens with one attached hydrogen (secondary N) is 1. The van der Waals surface area contributed by atoms with Crippen LogP contribution in [0.2, 0.25) is 0 Å². The molecule has 0 amide bonds. The first kappa shape index (κ1) is 16.6. The number of rotatable bonds is 4. The van der Waals surface area contributed by atoms with Gasteiger partial charge in [-0.05, 0) is 36.4 Å². The molecule has 1 N–H and O–H groups in total. The van der Waals surface area contributed by atoms with E-state index in [1.54, 1.807) is 24.8 Å². The highest BCUT2D eigenvalue weighted by atomic mass is 32.1. The lowest BCUT2D eigenvalue weighted by Crippen LogP contribution is -1.96. The van der Waals surface area contributed by atoms with Gasteiger partial charge in [-0.2, -0.15) is 0 Å². The van der Waals surface area contributed by atoms with Crippen LogP contribution in [-0.2, 0) is 0 Å². The maximum atomic E-state index is 5.24. The lowest BCUT2D eigenvalue weighted by molar-refractivity contribution is 0.398. The van der Waals surface area contributed by atoms with Crippen LogP contribution in [0.3, 0.4) is 0 Å². The van der Waals surface area contributed by atoms with Crippen molar-refractivity contribution in [2.24, 2.45) is 0 Å². The number of pyridine rings is 1. The highest BCUT2D eigenvalue weighted by Gasteiger charge is 2.09. The highest BCUT2D eigenvalue weighted by Crippen LogP contribution is 2.29. The Morgan fingerprint density at radius 2 is 1.89 bits per heavy atom. The molecule has 0 saturated heterocycles. The molecule has 6 nitrogen and oxygen atoms in total. The van der Waals surface area contributed by atoms with Gasteiger partial charge >= 0.3 is 0 Å². The molecule has 28 heavy (non-hydrogen) atoms. The summed E-state index contributed by atoms with van der Waals surface area (Å²) in [7, 11) is 1.61. The van der Waals surface area contributed by atoms with Gasteiger partial charge in [0.15, 0.2) is 0 Å². The van der Waals surface area contributed by atoms with E-state index in [0.717, 1.165) is 43.9 Å². The van der Waals surface area contributed by atoms with Crippen molar-refractivity contribution in [1.29, 1.82) is 0 Å². The third-order valence-corrected chi connectivity index (χ3v) is 5.27. The molecule has 3 heterocycles. The molecule has 5 aromatic rings. The minimum absolute atomic E-state index is 0.580. The van der Waals surface area contributed by atoms with Crippen LogP contribution in [0, 0.1) is 0 Å². The fraction of sp³-hybridized carbons (Fsp3) is 0.0476. The molecule has 3 aromatic heterocycles. The Labute approximate surface area is 164 Å². The van der Waals surface area contributed by atoms with Gasteiger partial charge < -0.3 is 10.1 Å². The smallest absolute Gasteiger partial charge is 0.213 e. The Hall–Kier alpha value is -3.58. The quantitative estimate of drug-likeness (QED) is 0.466. The summed E-state index contributed by atoms with van der Waals surface area (Å²) < 4.78 is 6.40. The summed E-state index contributed by atoms with van der Waals surface area (Å²) in [6.07, 6.45) is 1.56. The van der Waals surface area contributed by atoms with Crippen molar-refractivity contribution in [1.82, 2.24) is 19.9 Å². The van der Waals surface area contributed by atoms with Crippen molar-refractivity contribution in [2.75, 3.05) is 12.4 Å². The number of hydrogen-bond donors (Lipinski definition) is 1. The molecule has 7 heteroatoms. The zero-order chi connectivity index (χ0) is 18.9. The van der Waals surface area contributed by atoms with Gasteiger partial charge in [0.2, 0.25) is 5.88 Å². The van der Waals surface area contributed by atoms with Crippen molar-refractivity contribution in [3.05, 3.63) is 66.4 Å². The van der Waals surface area contributed by atoms with Gasteiger partial charge in [-0.15, -0.1) is 11.3 Å². The fourth-order valence-electron chi connectivity index (χ4n) is 3.08. The summed E-state index contributed by atoms with van der Waals surface area (Å²) in [6.45, 7) is 0. The number of benzene rings is 2. The van der Waals surface area contributed by atoms with Gasteiger partial charge in [0, 0.05) is 22.7 Å². The number of anilines is 2. The van der Waals surface area contributed by atoms with E-state index in [0.29, 0.717) is 5.88 Å². The van der Waals surface area contributed by atoms with E-state index in [2.05, 4.69) is 31.3 Å². The topological polar surface area (TPSA) is 72.8 Å². The van der Waals surface area contributed by atoms with Crippen LogP contribution < -0.4 is 10.1 Å². The van der Waals surface area contributed by atoms with Crippen LogP contribution in [0.1, 0.15) is 0 Å². The van der Waals surface area contributed by atoms with E-state index in [-0.39, 0.29) is 0 Å². The zero-order valence-electron chi connectivity index (χ0n) is 15.0. The summed E-state index contributed by atoms with van der Waals surface area (Å²) >= 11 is 1.63. The summed E-state index contributed by atoms with van der Waals surface area (Å²) in [5.41, 5.74) is 6.41. The molecule has 5 rings (SSSR count). The first-order valence-electron chi connectivity index (χ1n) is 8.66. The van der Waals surface area contributed by atoms with Gasteiger partial charge in [-0.25, -0.2) is 19.9 Å². The van der Waals surface area contributed by atoms with Crippen LogP contribution in [0.5, 0.6) is 5.88 Å². The van der Waals surface area contributed by atoms with Gasteiger partial charge in [-0.3, -0.25) is 0 Å². The number of ether oxygens (including phenoxy) is 1. The standard InChI is InChI=1S/C21H15N5OS/c1-27-20-4-2-3-16(26-20)13-5-7-17-15(9-13)21(23-11-22-17)25-14-6-8-19-18(10-14)24-12-28-19/h2-12H,1H3,(H,22,23,25). The molecule has 0 bridgehead atoms. The van der Waals surface area contributed by atoms with E-state index >= 15 is 0 Å². The number of aromatic nitrogens is 4. The zero-order valence-corrected chi connectivity index (χ0v) is 15.8. The summed E-state index contributed by atoms with van der Waals surface area (Å²) in [5, 5.41) is 4.32. The molecule has 0 spiro atoms. The minimum Gasteiger partial charge on any atom is -0.481 e. The number of hydrogen-bond acceptors (Lipinski definition) is 7. The second kappa shape index (κ2) is 6.86. The first-order valence-corrected chi connectivity index (χ1v) is 9.54. The minimum atomic E-state index is 0.580. The van der Waals surface area contributed by atoms with Crippen molar-refractivity contribution in [3.8, 4) is 17.1 Å². The van der Waals surface area contributed by atoms with E-state index in [1.165, 1.54) is 0 Å². The molecule has 0 fully saturated rings. The average Bonchev–Trinajstić information content (AvgIpc) is 3.22. The van der Waals surface area contributed by atoms with E-state index in [1.807, 2.05) is 54.0 Å².